The van der Waals surface area contributed by atoms with Crippen molar-refractivity contribution >= 4 is 11.6 Å². The van der Waals surface area contributed by atoms with Crippen molar-refractivity contribution in [2.45, 2.75) is 38.5 Å². The number of aromatic nitrogens is 4. The van der Waals surface area contributed by atoms with Crippen LogP contribution < -0.4 is 9.47 Å². The molecule has 2 N–H and O–H groups in total. The maximum atomic E-state index is 13.0. The Kier molecular flexibility index (Phi) is 10.4. The van der Waals surface area contributed by atoms with Gasteiger partial charge in [-0.05, 0) is 98.2 Å². The van der Waals surface area contributed by atoms with Crippen LogP contribution in [0.2, 0.25) is 0 Å². The Balaban J connectivity index is 0.000000154. The molecule has 0 bridgehead atoms. The third kappa shape index (κ3) is 7.60. The lowest BCUT2D eigenvalue weighted by molar-refractivity contribution is 0.0575. The van der Waals surface area contributed by atoms with Gasteiger partial charge in [0.05, 0.1) is 11.4 Å². The first kappa shape index (κ1) is 38.3. The summed E-state index contributed by atoms with van der Waals surface area (Å²) in [5.41, 5.74) is 3.93. The van der Waals surface area contributed by atoms with Gasteiger partial charge in [0.25, 0.3) is 0 Å². The zero-order valence-corrected chi connectivity index (χ0v) is 33.1. The maximum absolute atomic E-state index is 13.0. The predicted octanol–water partition coefficient (Wildman–Crippen LogP) is 9.27. The van der Waals surface area contributed by atoms with Gasteiger partial charge < -0.3 is 19.3 Å². The maximum Gasteiger partial charge on any atom is 0.181 e. The highest BCUT2D eigenvalue weighted by Gasteiger charge is 2.55. The molecule has 2 aromatic heterocycles. The summed E-state index contributed by atoms with van der Waals surface area (Å²) in [6, 6.07) is 38.1. The summed E-state index contributed by atoms with van der Waals surface area (Å²) in [5, 5.41) is 33.0. The van der Waals surface area contributed by atoms with E-state index in [1.165, 1.54) is 0 Å². The van der Waals surface area contributed by atoms with E-state index in [1.807, 2.05) is 109 Å². The van der Waals surface area contributed by atoms with Crippen LogP contribution in [0.1, 0.15) is 59.5 Å². The zero-order chi connectivity index (χ0) is 41.1. The summed E-state index contributed by atoms with van der Waals surface area (Å²) in [4.78, 5) is 29.6. The Morgan fingerprint density at radius 3 is 1.40 bits per heavy atom. The second-order valence-electron chi connectivity index (χ2n) is 16.5. The van der Waals surface area contributed by atoms with Crippen LogP contribution in [0.3, 0.4) is 0 Å². The number of nitrogens with one attached hydrogen (secondary N) is 2. The number of carbonyl (C=O) groups excluding carboxylic acids is 2. The summed E-state index contributed by atoms with van der Waals surface area (Å²) in [6.07, 6.45) is 9.62. The predicted molar refractivity (Wildman–Crippen MR) is 224 cm³/mol. The van der Waals surface area contributed by atoms with E-state index in [4.69, 9.17) is 9.47 Å². The average molecular weight is 797 g/mol. The van der Waals surface area contributed by atoms with Crippen LogP contribution in [0.4, 0.5) is 0 Å². The highest BCUT2D eigenvalue weighted by atomic mass is 16.5. The molecule has 12 heteroatoms. The molecule has 6 aromatic rings. The minimum atomic E-state index is -0.0492. The van der Waals surface area contributed by atoms with E-state index in [0.717, 1.165) is 61.4 Å². The fourth-order valence-corrected chi connectivity index (χ4v) is 9.45. The van der Waals surface area contributed by atoms with Crippen LogP contribution in [0.5, 0.6) is 23.0 Å². The smallest absolute Gasteiger partial charge is 0.181 e. The Bertz CT molecular complexity index is 2410. The zero-order valence-electron chi connectivity index (χ0n) is 33.1. The van der Waals surface area contributed by atoms with Crippen molar-refractivity contribution < 1.29 is 19.1 Å². The number of H-pyrrole nitrogens is 2. The number of fused-ring (bicyclic) bond motifs is 2. The van der Waals surface area contributed by atoms with Crippen molar-refractivity contribution in [3.05, 3.63) is 133 Å². The van der Waals surface area contributed by atoms with Crippen molar-refractivity contribution in [2.75, 3.05) is 26.2 Å². The molecular weight excluding hydrogens is 753 g/mol. The summed E-state index contributed by atoms with van der Waals surface area (Å²) in [6.45, 7) is 2.94. The molecule has 4 aromatic carbocycles. The average Bonchev–Trinajstić information content (AvgIpc) is 4.06. The molecule has 0 amide bonds. The van der Waals surface area contributed by atoms with Crippen LogP contribution in [0.15, 0.2) is 121 Å². The molecule has 4 fully saturated rings. The molecule has 300 valence electrons. The number of ketones is 2. The summed E-state index contributed by atoms with van der Waals surface area (Å²) in [5.74, 6) is 3.87. The molecule has 0 unspecified atom stereocenters. The van der Waals surface area contributed by atoms with E-state index < -0.39 is 0 Å². The van der Waals surface area contributed by atoms with Crippen molar-refractivity contribution in [3.8, 4) is 57.9 Å². The quantitative estimate of drug-likeness (QED) is 0.0901. The van der Waals surface area contributed by atoms with Crippen molar-refractivity contribution in [1.82, 2.24) is 30.2 Å². The second-order valence-corrected chi connectivity index (χ2v) is 16.5. The van der Waals surface area contributed by atoms with Gasteiger partial charge in [-0.2, -0.15) is 20.7 Å². The Hall–Kier alpha value is -7.18. The summed E-state index contributed by atoms with van der Waals surface area (Å²) >= 11 is 0. The number of hydrogen-bond donors (Lipinski definition) is 2. The number of rotatable bonds is 12. The fraction of sp³-hybridized carbons (Fsp3) is 0.292. The lowest BCUT2D eigenvalue weighted by Gasteiger charge is -2.43. The number of hydrogen-bond acceptors (Lipinski definition) is 10. The largest absolute Gasteiger partial charge is 0.457 e. The second kappa shape index (κ2) is 16.2. The van der Waals surface area contributed by atoms with Crippen LogP contribution >= 0.6 is 0 Å². The molecule has 60 heavy (non-hydrogen) atoms. The van der Waals surface area contributed by atoms with Gasteiger partial charge in [-0.3, -0.25) is 19.8 Å². The van der Waals surface area contributed by atoms with Gasteiger partial charge in [0.1, 0.15) is 34.4 Å². The molecule has 2 saturated carbocycles. The molecule has 2 saturated heterocycles. The van der Waals surface area contributed by atoms with Crippen molar-refractivity contribution in [2.24, 2.45) is 22.7 Å². The lowest BCUT2D eigenvalue weighted by Crippen LogP contribution is -2.41. The monoisotopic (exact) mass is 796 g/mol. The molecule has 4 aliphatic rings. The van der Waals surface area contributed by atoms with Crippen LogP contribution in [0.25, 0.3) is 22.5 Å². The summed E-state index contributed by atoms with van der Waals surface area (Å²) < 4.78 is 12.1. The number of likely N-dealkylation sites (tertiary alicyclic amines) is 2. The lowest BCUT2D eigenvalue weighted by atomic mass is 9.60. The molecule has 2 aliphatic heterocycles. The first-order valence-corrected chi connectivity index (χ1v) is 20.4. The summed E-state index contributed by atoms with van der Waals surface area (Å²) in [7, 11) is 0. The Morgan fingerprint density at radius 1 is 0.617 bits per heavy atom. The van der Waals surface area contributed by atoms with Crippen molar-refractivity contribution in [1.29, 1.82) is 10.5 Å². The fourth-order valence-electron chi connectivity index (χ4n) is 9.45. The van der Waals surface area contributed by atoms with Gasteiger partial charge in [-0.1, -0.05) is 60.7 Å². The van der Waals surface area contributed by atoms with Gasteiger partial charge >= 0.3 is 0 Å². The number of nitrogens with zero attached hydrogens (tertiary/aromatic N) is 6. The Morgan fingerprint density at radius 2 is 1.02 bits per heavy atom. The number of carbonyl (C=O) groups is 2. The number of nitriles is 2. The minimum absolute atomic E-state index is 0.0492. The minimum Gasteiger partial charge on any atom is -0.457 e. The van der Waals surface area contributed by atoms with E-state index in [1.54, 1.807) is 21.9 Å². The van der Waals surface area contributed by atoms with Gasteiger partial charge in [0.2, 0.25) is 0 Å². The molecule has 4 heterocycles. The normalized spacial score (nSPS) is 22.1. The van der Waals surface area contributed by atoms with Gasteiger partial charge in [0, 0.05) is 61.0 Å². The number of ether oxygens (including phenoxy) is 2. The van der Waals surface area contributed by atoms with Crippen molar-refractivity contribution in [3.63, 3.8) is 0 Å². The number of aromatic amines is 2. The third-order valence-corrected chi connectivity index (χ3v) is 12.9. The number of Topliss-reactive ketones (excluding diaryl/α,β-unsaturated/α-hetero) is 2. The molecular formula is C48H44N8O4. The van der Waals surface area contributed by atoms with E-state index in [0.29, 0.717) is 72.0 Å². The SMILES string of the molecule is N#CN1C[C@@H]2CC[C@]2(CC(=O)c2cc(-c3ccccc3Oc3ccccc3)n[nH]2)C1.N#CN1C[C@H]2CC[C@@]2(CC(=O)c2cc(-c3ccccc3Oc3ccccc3)n[nH]2)C1. The topological polar surface area (TPSA) is 164 Å². The van der Waals surface area contributed by atoms with Gasteiger partial charge in [-0.25, -0.2) is 0 Å². The van der Waals surface area contributed by atoms with E-state index in [-0.39, 0.29) is 22.4 Å². The first-order chi connectivity index (χ1) is 29.3. The van der Waals surface area contributed by atoms with Crippen LogP contribution in [-0.4, -0.2) is 67.9 Å². The van der Waals surface area contributed by atoms with E-state index >= 15 is 0 Å². The standard InChI is InChI=1S/2C24H22N4O2/c2*25-16-28-14-17-10-11-24(17,15-28)13-22(29)21-12-20(26-27-21)19-8-4-5-9-23(19)30-18-6-2-1-3-7-18/h2*1-9,12,17H,10-11,13-15H2,(H,26,27)/t2*17-,24-/m10/s1. The van der Waals surface area contributed by atoms with Crippen LogP contribution in [-0.2, 0) is 0 Å². The van der Waals surface area contributed by atoms with Crippen LogP contribution in [0, 0.1) is 45.6 Å². The Labute approximate surface area is 348 Å². The molecule has 2 aliphatic carbocycles. The van der Waals surface area contributed by atoms with E-state index in [9.17, 15) is 20.1 Å². The van der Waals surface area contributed by atoms with Gasteiger partial charge in [0.15, 0.2) is 24.0 Å². The number of benzene rings is 4. The first-order valence-electron chi connectivity index (χ1n) is 20.4. The van der Waals surface area contributed by atoms with E-state index in [2.05, 4.69) is 32.8 Å². The van der Waals surface area contributed by atoms with Gasteiger partial charge in [-0.15, -0.1) is 0 Å². The highest BCUT2D eigenvalue weighted by molar-refractivity contribution is 5.96. The number of para-hydroxylation sites is 4. The molecule has 12 nitrogen and oxygen atoms in total. The highest BCUT2D eigenvalue weighted by Crippen LogP contribution is 2.55. The molecule has 4 atom stereocenters. The molecule has 0 radical (unpaired) electrons. The molecule has 0 spiro atoms. The third-order valence-electron chi connectivity index (χ3n) is 12.9. The molecule has 10 rings (SSSR count).